The van der Waals surface area contributed by atoms with Gasteiger partial charge < -0.3 is 19.9 Å². The van der Waals surface area contributed by atoms with Gasteiger partial charge in [0.05, 0.1) is 26.0 Å². The average molecular weight is 296 g/mol. The van der Waals surface area contributed by atoms with Crippen molar-refractivity contribution in [1.29, 1.82) is 0 Å². The van der Waals surface area contributed by atoms with E-state index >= 15 is 0 Å². The van der Waals surface area contributed by atoms with E-state index in [1.54, 1.807) is 6.92 Å². The molecule has 0 aromatic carbocycles. The summed E-state index contributed by atoms with van der Waals surface area (Å²) in [6, 6.07) is 1.48. The number of hydrogen-bond donors (Lipinski definition) is 1. The van der Waals surface area contributed by atoms with Crippen LogP contribution in [0.15, 0.2) is 6.07 Å². The molecule has 2 heterocycles. The normalized spacial score (nSPS) is 10.2. The second-order valence-corrected chi connectivity index (χ2v) is 4.40. The molecule has 0 aliphatic carbocycles. The quantitative estimate of drug-likeness (QED) is 0.881. The summed E-state index contributed by atoms with van der Waals surface area (Å²) in [7, 11) is 2.91. The summed E-state index contributed by atoms with van der Waals surface area (Å²) >= 11 is 0.956. The van der Waals surface area contributed by atoms with E-state index in [1.807, 2.05) is 0 Å². The fraction of sp³-hybridized carbons (Fsp3) is 0.273. The minimum absolute atomic E-state index is 0.0213. The zero-order valence-electron chi connectivity index (χ0n) is 11.0. The molecule has 0 saturated carbocycles. The molecule has 0 saturated heterocycles. The number of aromatic nitrogens is 3. The lowest BCUT2D eigenvalue weighted by Gasteiger charge is -2.07. The van der Waals surface area contributed by atoms with Gasteiger partial charge in [-0.1, -0.05) is 0 Å². The highest BCUT2D eigenvalue weighted by Gasteiger charge is 2.19. The van der Waals surface area contributed by atoms with Gasteiger partial charge >= 0.3 is 6.01 Å². The van der Waals surface area contributed by atoms with E-state index in [-0.39, 0.29) is 28.4 Å². The molecule has 9 heteroatoms. The molecule has 2 aromatic heterocycles. The van der Waals surface area contributed by atoms with Crippen LogP contribution >= 0.6 is 11.5 Å². The molecule has 8 nitrogen and oxygen atoms in total. The molecule has 106 valence electrons. The van der Waals surface area contributed by atoms with Crippen LogP contribution in [-0.4, -0.2) is 34.5 Å². The summed E-state index contributed by atoms with van der Waals surface area (Å²) in [6.07, 6.45) is 0. The van der Waals surface area contributed by atoms with Gasteiger partial charge in [-0.2, -0.15) is 14.3 Å². The van der Waals surface area contributed by atoms with Crippen LogP contribution in [0.1, 0.15) is 15.4 Å². The molecule has 2 rings (SSSR count). The van der Waals surface area contributed by atoms with Gasteiger partial charge in [0.25, 0.3) is 5.91 Å². The third-order valence-corrected chi connectivity index (χ3v) is 3.24. The summed E-state index contributed by atoms with van der Waals surface area (Å²) < 4.78 is 19.5. The van der Waals surface area contributed by atoms with Crippen LogP contribution in [0.4, 0.5) is 0 Å². The number of primary amides is 1. The Bertz CT molecular complexity index is 621. The fourth-order valence-electron chi connectivity index (χ4n) is 1.37. The van der Waals surface area contributed by atoms with Gasteiger partial charge in [0.2, 0.25) is 11.8 Å². The number of amides is 1. The average Bonchev–Trinajstić information content (AvgIpc) is 2.80. The summed E-state index contributed by atoms with van der Waals surface area (Å²) in [4.78, 5) is 19.5. The summed E-state index contributed by atoms with van der Waals surface area (Å²) in [5, 5.41) is 0. The predicted octanol–water partition coefficient (Wildman–Crippen LogP) is 1.15. The van der Waals surface area contributed by atoms with Crippen LogP contribution in [-0.2, 0) is 0 Å². The van der Waals surface area contributed by atoms with Gasteiger partial charge in [-0.15, -0.1) is 0 Å². The first-order chi connectivity index (χ1) is 9.55. The Kier molecular flexibility index (Phi) is 3.99. The van der Waals surface area contributed by atoms with Gasteiger partial charge in [-0.3, -0.25) is 4.79 Å². The first-order valence-corrected chi connectivity index (χ1v) is 6.23. The summed E-state index contributed by atoms with van der Waals surface area (Å²) in [5.74, 6) is 0.153. The number of nitrogens with zero attached hydrogens (tertiary/aromatic N) is 3. The van der Waals surface area contributed by atoms with Crippen molar-refractivity contribution in [1.82, 2.24) is 14.3 Å². The van der Waals surface area contributed by atoms with Crippen molar-refractivity contribution < 1.29 is 19.0 Å². The molecule has 2 N–H and O–H groups in total. The minimum Gasteiger partial charge on any atom is -0.481 e. The number of hydrogen-bond acceptors (Lipinski definition) is 8. The second kappa shape index (κ2) is 5.70. The van der Waals surface area contributed by atoms with E-state index in [0.29, 0.717) is 5.69 Å². The number of aryl methyl sites for hydroxylation is 1. The van der Waals surface area contributed by atoms with Crippen molar-refractivity contribution >= 4 is 17.4 Å². The third kappa shape index (κ3) is 2.77. The van der Waals surface area contributed by atoms with E-state index in [1.165, 1.54) is 20.3 Å². The monoisotopic (exact) mass is 296 g/mol. The first-order valence-electron chi connectivity index (χ1n) is 5.46. The maximum atomic E-state index is 11.3. The second-order valence-electron chi connectivity index (χ2n) is 3.63. The van der Waals surface area contributed by atoms with Crippen LogP contribution in [0.25, 0.3) is 0 Å². The van der Waals surface area contributed by atoms with E-state index in [2.05, 4.69) is 14.3 Å². The maximum Gasteiger partial charge on any atom is 0.328 e. The van der Waals surface area contributed by atoms with Crippen molar-refractivity contribution in [2.45, 2.75) is 6.92 Å². The van der Waals surface area contributed by atoms with Gasteiger partial charge in [-0.25, -0.2) is 0 Å². The number of rotatable bonds is 5. The lowest BCUT2D eigenvalue weighted by atomic mass is 10.3. The molecule has 0 bridgehead atoms. The van der Waals surface area contributed by atoms with Crippen molar-refractivity contribution in [2.75, 3.05) is 14.2 Å². The summed E-state index contributed by atoms with van der Waals surface area (Å²) in [5.41, 5.74) is 5.78. The molecule has 0 radical (unpaired) electrons. The van der Waals surface area contributed by atoms with Crippen molar-refractivity contribution in [3.8, 4) is 23.5 Å². The predicted molar refractivity (Wildman–Crippen MR) is 70.6 cm³/mol. The Morgan fingerprint density at radius 3 is 2.35 bits per heavy atom. The van der Waals surface area contributed by atoms with Crippen LogP contribution in [0, 0.1) is 6.92 Å². The molecule has 1 amide bonds. The summed E-state index contributed by atoms with van der Waals surface area (Å²) in [6.45, 7) is 1.69. The van der Waals surface area contributed by atoms with E-state index < -0.39 is 5.91 Å². The van der Waals surface area contributed by atoms with Crippen LogP contribution < -0.4 is 19.9 Å². The highest BCUT2D eigenvalue weighted by atomic mass is 32.1. The number of carbonyl (C=O) groups excluding carboxylic acids is 1. The standard InChI is InChI=1S/C11H12N4O4S/c1-5-8(9(10(12)16)20-15-5)19-11-13-6(17-2)4-7(14-11)18-3/h4H,1-3H3,(H2,12,16). The molecule has 0 unspecified atom stereocenters. The Hall–Kier alpha value is -2.42. The van der Waals surface area contributed by atoms with Crippen molar-refractivity contribution in [3.63, 3.8) is 0 Å². The topological polar surface area (TPSA) is 109 Å². The minimum atomic E-state index is -0.625. The molecule has 0 fully saturated rings. The molecule has 2 aromatic rings. The molecule has 0 aliphatic heterocycles. The largest absolute Gasteiger partial charge is 0.481 e. The Morgan fingerprint density at radius 2 is 1.85 bits per heavy atom. The maximum absolute atomic E-state index is 11.3. The Morgan fingerprint density at radius 1 is 1.25 bits per heavy atom. The number of carbonyl (C=O) groups is 1. The lowest BCUT2D eigenvalue weighted by molar-refractivity contribution is 0.100. The molecule has 0 atom stereocenters. The van der Waals surface area contributed by atoms with Crippen LogP contribution in [0.2, 0.25) is 0 Å². The van der Waals surface area contributed by atoms with Gasteiger partial charge in [0, 0.05) is 0 Å². The van der Waals surface area contributed by atoms with Gasteiger partial charge in [0.15, 0.2) is 10.6 Å². The molecule has 20 heavy (non-hydrogen) atoms. The van der Waals surface area contributed by atoms with Gasteiger partial charge in [-0.05, 0) is 18.5 Å². The Labute approximate surface area is 118 Å². The van der Waals surface area contributed by atoms with Crippen molar-refractivity contribution in [2.24, 2.45) is 5.73 Å². The molecule has 0 spiro atoms. The SMILES string of the molecule is COc1cc(OC)nc(Oc2c(C)nsc2C(N)=O)n1. The van der Waals surface area contributed by atoms with Crippen LogP contribution in [0.5, 0.6) is 23.5 Å². The number of ether oxygens (including phenoxy) is 3. The van der Waals surface area contributed by atoms with E-state index in [9.17, 15) is 4.79 Å². The zero-order chi connectivity index (χ0) is 14.7. The molecular weight excluding hydrogens is 284 g/mol. The highest BCUT2D eigenvalue weighted by molar-refractivity contribution is 7.08. The van der Waals surface area contributed by atoms with E-state index in [0.717, 1.165) is 11.5 Å². The lowest BCUT2D eigenvalue weighted by Crippen LogP contribution is -2.10. The number of nitrogens with two attached hydrogens (primary N) is 1. The molecule has 0 aliphatic rings. The smallest absolute Gasteiger partial charge is 0.328 e. The van der Waals surface area contributed by atoms with Crippen molar-refractivity contribution in [3.05, 3.63) is 16.6 Å². The zero-order valence-corrected chi connectivity index (χ0v) is 11.9. The van der Waals surface area contributed by atoms with Crippen LogP contribution in [0.3, 0.4) is 0 Å². The van der Waals surface area contributed by atoms with E-state index in [4.69, 9.17) is 19.9 Å². The van der Waals surface area contributed by atoms with Gasteiger partial charge in [0.1, 0.15) is 0 Å². The molecular formula is C11H12N4O4S. The first kappa shape index (κ1) is 14.0. The number of methoxy groups -OCH3 is 2. The highest BCUT2D eigenvalue weighted by Crippen LogP contribution is 2.31. The Balaban J connectivity index is 2.39. The fourth-order valence-corrected chi connectivity index (χ4v) is 2.04. The third-order valence-electron chi connectivity index (χ3n) is 2.30.